The lowest BCUT2D eigenvalue weighted by atomic mass is 10.1. The van der Waals surface area contributed by atoms with Crippen molar-refractivity contribution in [3.8, 4) is 0 Å². The maximum atomic E-state index is 5.74. The molecule has 1 aromatic carbocycles. The molecule has 64 valence electrons. The number of nitrogens with two attached hydrogens (primary N) is 2. The number of hydrogen-bond acceptors (Lipinski definition) is 4. The number of benzene rings is 1. The summed E-state index contributed by atoms with van der Waals surface area (Å²) < 4.78 is 0. The lowest BCUT2D eigenvalue weighted by molar-refractivity contribution is 0.478. The van der Waals surface area contributed by atoms with E-state index < -0.39 is 0 Å². The zero-order chi connectivity index (χ0) is 8.55. The summed E-state index contributed by atoms with van der Waals surface area (Å²) in [4.78, 5) is 0. The van der Waals surface area contributed by atoms with Crippen LogP contribution in [0.4, 0.5) is 5.69 Å². The Morgan fingerprint density at radius 1 is 1.42 bits per heavy atom. The van der Waals surface area contributed by atoms with E-state index in [1.165, 1.54) is 5.56 Å². The third-order valence-electron chi connectivity index (χ3n) is 2.07. The maximum Gasteiger partial charge on any atom is 0.146 e. The lowest BCUT2D eigenvalue weighted by Gasteiger charge is -2.33. The van der Waals surface area contributed by atoms with Gasteiger partial charge in [0.2, 0.25) is 0 Å². The van der Waals surface area contributed by atoms with Crippen molar-refractivity contribution in [2.45, 2.75) is 12.8 Å². The predicted molar refractivity (Wildman–Crippen MR) is 47.9 cm³/mol. The Morgan fingerprint density at radius 2 is 2.17 bits per heavy atom. The topological polar surface area (TPSA) is 67.3 Å². The summed E-state index contributed by atoms with van der Waals surface area (Å²) in [6.07, 6.45) is -0.278. The fourth-order valence-electron chi connectivity index (χ4n) is 1.37. The van der Waals surface area contributed by atoms with Gasteiger partial charge in [0.1, 0.15) is 6.29 Å². The molecule has 1 atom stereocenters. The zero-order valence-corrected chi connectivity index (χ0v) is 6.70. The minimum atomic E-state index is -0.278. The van der Waals surface area contributed by atoms with Crippen molar-refractivity contribution in [3.05, 3.63) is 29.8 Å². The van der Waals surface area contributed by atoms with Crippen molar-refractivity contribution < 1.29 is 0 Å². The van der Waals surface area contributed by atoms with Crippen LogP contribution in [-0.2, 0) is 6.54 Å². The molecule has 0 aliphatic carbocycles. The van der Waals surface area contributed by atoms with Crippen molar-refractivity contribution in [1.29, 1.82) is 0 Å². The van der Waals surface area contributed by atoms with Crippen molar-refractivity contribution in [2.24, 2.45) is 11.6 Å². The van der Waals surface area contributed by atoms with E-state index in [1.807, 2.05) is 24.3 Å². The van der Waals surface area contributed by atoms with Crippen LogP contribution in [-0.4, -0.2) is 6.29 Å². The molecule has 0 radical (unpaired) electrons. The molecule has 0 saturated heterocycles. The second-order valence-corrected chi connectivity index (χ2v) is 2.86. The number of hydrogen-bond donors (Lipinski definition) is 3. The predicted octanol–water partition coefficient (Wildman–Crippen LogP) is -0.288. The van der Waals surface area contributed by atoms with Crippen LogP contribution in [0.25, 0.3) is 0 Å². The van der Waals surface area contributed by atoms with Gasteiger partial charge in [-0.3, -0.25) is 16.1 Å². The number of hydrazine groups is 1. The summed E-state index contributed by atoms with van der Waals surface area (Å²) in [7, 11) is 0. The first-order valence-corrected chi connectivity index (χ1v) is 3.90. The molecule has 0 aromatic heterocycles. The molecule has 0 fully saturated rings. The highest BCUT2D eigenvalue weighted by molar-refractivity contribution is 5.54. The number of para-hydroxylation sites is 1. The zero-order valence-electron chi connectivity index (χ0n) is 6.70. The van der Waals surface area contributed by atoms with Gasteiger partial charge < -0.3 is 0 Å². The smallest absolute Gasteiger partial charge is 0.146 e. The summed E-state index contributed by atoms with van der Waals surface area (Å²) >= 11 is 0. The Balaban J connectivity index is 2.42. The third kappa shape index (κ3) is 1.06. The maximum absolute atomic E-state index is 5.74. The first-order chi connectivity index (χ1) is 5.79. The molecule has 0 spiro atoms. The second kappa shape index (κ2) is 2.75. The first kappa shape index (κ1) is 7.54. The Morgan fingerprint density at radius 3 is 3.00 bits per heavy atom. The highest BCUT2D eigenvalue weighted by atomic mass is 15.5. The minimum absolute atomic E-state index is 0.278. The highest BCUT2D eigenvalue weighted by Gasteiger charge is 2.18. The first-order valence-electron chi connectivity index (χ1n) is 3.90. The largest absolute Gasteiger partial charge is 0.298 e. The monoisotopic (exact) mass is 164 g/mol. The Hall–Kier alpha value is -1.10. The number of nitrogens with zero attached hydrogens (tertiary/aromatic N) is 1. The SMILES string of the molecule is NC1NCc2ccccc2N1N. The van der Waals surface area contributed by atoms with Gasteiger partial charge in [0.05, 0.1) is 5.69 Å². The minimum Gasteiger partial charge on any atom is -0.298 e. The molecule has 1 unspecified atom stereocenters. The van der Waals surface area contributed by atoms with Gasteiger partial charge in [0.25, 0.3) is 0 Å². The van der Waals surface area contributed by atoms with Gasteiger partial charge in [0, 0.05) is 6.54 Å². The van der Waals surface area contributed by atoms with E-state index in [0.29, 0.717) is 0 Å². The van der Waals surface area contributed by atoms with Crippen molar-refractivity contribution >= 4 is 5.69 Å². The Bertz CT molecular complexity index is 286. The highest BCUT2D eigenvalue weighted by Crippen LogP contribution is 2.21. The molecular formula is C8H12N4. The molecule has 2 rings (SSSR count). The molecule has 5 N–H and O–H groups in total. The normalized spacial score (nSPS) is 22.2. The van der Waals surface area contributed by atoms with E-state index in [4.69, 9.17) is 11.6 Å². The van der Waals surface area contributed by atoms with Crippen LogP contribution in [0.5, 0.6) is 0 Å². The van der Waals surface area contributed by atoms with Gasteiger partial charge in [-0.05, 0) is 11.6 Å². The second-order valence-electron chi connectivity index (χ2n) is 2.86. The molecule has 4 nitrogen and oxygen atoms in total. The summed E-state index contributed by atoms with van der Waals surface area (Å²) in [6, 6.07) is 7.95. The van der Waals surface area contributed by atoms with E-state index in [0.717, 1.165) is 12.2 Å². The van der Waals surface area contributed by atoms with E-state index >= 15 is 0 Å². The average molecular weight is 164 g/mol. The van der Waals surface area contributed by atoms with Crippen LogP contribution in [0.3, 0.4) is 0 Å². The van der Waals surface area contributed by atoms with Crippen LogP contribution < -0.4 is 21.9 Å². The summed E-state index contributed by atoms with van der Waals surface area (Å²) in [5.74, 6) is 5.74. The molecule has 0 amide bonds. The molecule has 1 aromatic rings. The van der Waals surface area contributed by atoms with E-state index in [2.05, 4.69) is 5.32 Å². The van der Waals surface area contributed by atoms with E-state index in [-0.39, 0.29) is 6.29 Å². The number of anilines is 1. The van der Waals surface area contributed by atoms with Crippen molar-refractivity contribution in [1.82, 2.24) is 5.32 Å². The number of fused-ring (bicyclic) bond motifs is 1. The molecule has 12 heavy (non-hydrogen) atoms. The van der Waals surface area contributed by atoms with Crippen molar-refractivity contribution in [2.75, 3.05) is 5.01 Å². The molecule has 0 saturated carbocycles. The molecule has 1 aliphatic heterocycles. The average Bonchev–Trinajstić information content (AvgIpc) is 2.12. The van der Waals surface area contributed by atoms with Gasteiger partial charge in [-0.15, -0.1) is 0 Å². The summed E-state index contributed by atoms with van der Waals surface area (Å²) in [6.45, 7) is 0.783. The van der Waals surface area contributed by atoms with Gasteiger partial charge in [-0.25, -0.2) is 5.84 Å². The fourth-order valence-corrected chi connectivity index (χ4v) is 1.37. The van der Waals surface area contributed by atoms with Crippen LogP contribution in [0.15, 0.2) is 24.3 Å². The van der Waals surface area contributed by atoms with Crippen LogP contribution in [0.2, 0.25) is 0 Å². The fraction of sp³-hybridized carbons (Fsp3) is 0.250. The molecular weight excluding hydrogens is 152 g/mol. The quantitative estimate of drug-likeness (QED) is 0.461. The Kier molecular flexibility index (Phi) is 1.73. The summed E-state index contributed by atoms with van der Waals surface area (Å²) in [5.41, 5.74) is 7.87. The van der Waals surface area contributed by atoms with Gasteiger partial charge in [0.15, 0.2) is 0 Å². The number of rotatable bonds is 0. The standard InChI is InChI=1S/C8H12N4/c9-8-11-5-6-3-1-2-4-7(6)12(8)10/h1-4,8,11H,5,9-10H2. The molecule has 1 heterocycles. The molecule has 0 bridgehead atoms. The van der Waals surface area contributed by atoms with Gasteiger partial charge in [-0.2, -0.15) is 0 Å². The Labute approximate surface area is 71.1 Å². The molecule has 1 aliphatic rings. The van der Waals surface area contributed by atoms with Crippen LogP contribution >= 0.6 is 0 Å². The van der Waals surface area contributed by atoms with E-state index in [1.54, 1.807) is 5.01 Å². The number of nitrogens with one attached hydrogen (secondary N) is 1. The van der Waals surface area contributed by atoms with Gasteiger partial charge >= 0.3 is 0 Å². The van der Waals surface area contributed by atoms with Crippen molar-refractivity contribution in [3.63, 3.8) is 0 Å². The van der Waals surface area contributed by atoms with Crippen LogP contribution in [0, 0.1) is 0 Å². The third-order valence-corrected chi connectivity index (χ3v) is 2.07. The molecule has 4 heteroatoms. The summed E-state index contributed by atoms with van der Waals surface area (Å²) in [5, 5.41) is 4.61. The van der Waals surface area contributed by atoms with E-state index in [9.17, 15) is 0 Å². The van der Waals surface area contributed by atoms with Crippen LogP contribution in [0.1, 0.15) is 5.56 Å². The van der Waals surface area contributed by atoms with Gasteiger partial charge in [-0.1, -0.05) is 18.2 Å². The lowest BCUT2D eigenvalue weighted by Crippen LogP contribution is -2.58.